The minimum Gasteiger partial charge on any atom is -0.393 e. The van der Waals surface area contributed by atoms with E-state index in [2.05, 4.69) is 15.5 Å². The second-order valence-electron chi connectivity index (χ2n) is 8.61. The molecule has 7 heteroatoms. The number of aliphatic hydroxyl groups is 1. The second kappa shape index (κ2) is 10.5. The predicted octanol–water partition coefficient (Wildman–Crippen LogP) is 3.46. The topological polar surface area (TPSA) is 84.9 Å². The van der Waals surface area contributed by atoms with Crippen molar-refractivity contribution in [2.24, 2.45) is 0 Å². The highest BCUT2D eigenvalue weighted by Crippen LogP contribution is 2.23. The number of hydrogen-bond donors (Lipinski definition) is 3. The zero-order chi connectivity index (χ0) is 22.3. The van der Waals surface area contributed by atoms with E-state index in [4.69, 9.17) is 0 Å². The van der Waals surface area contributed by atoms with Crippen LogP contribution in [0.4, 0.5) is 16.2 Å². The molecule has 4 rings (SSSR count). The molecular formula is C25H32N4O3. The first-order chi connectivity index (χ1) is 15.6. The first kappa shape index (κ1) is 22.1. The highest BCUT2D eigenvalue weighted by Gasteiger charge is 2.28. The average molecular weight is 437 g/mol. The summed E-state index contributed by atoms with van der Waals surface area (Å²) in [4.78, 5) is 29.6. The van der Waals surface area contributed by atoms with Gasteiger partial charge in [-0.25, -0.2) is 4.79 Å². The summed E-state index contributed by atoms with van der Waals surface area (Å²) in [5.41, 5.74) is 2.50. The predicted molar refractivity (Wildman–Crippen MR) is 126 cm³/mol. The van der Waals surface area contributed by atoms with Gasteiger partial charge in [0.25, 0.3) is 5.91 Å². The number of likely N-dealkylation sites (tertiary alicyclic amines) is 1. The summed E-state index contributed by atoms with van der Waals surface area (Å²) in [6, 6.07) is 16.8. The number of para-hydroxylation sites is 1. The smallest absolute Gasteiger partial charge is 0.319 e. The maximum absolute atomic E-state index is 13.2. The Bertz CT molecular complexity index is 895. The SMILES string of the molecule is O=C(NCC1CCCCN1C(=O)c1ccc(N2CCC(O)CC2)cc1)Nc1ccccc1. The molecule has 0 saturated carbocycles. The third-order valence-electron chi connectivity index (χ3n) is 6.36. The average Bonchev–Trinajstić information content (AvgIpc) is 2.84. The number of rotatable bonds is 5. The Morgan fingerprint density at radius 1 is 0.906 bits per heavy atom. The minimum absolute atomic E-state index is 0.0129. The standard InChI is InChI=1S/C25H32N4O3/c30-23-13-16-28(17-14-23)21-11-9-19(10-12-21)24(31)29-15-5-4-8-22(29)18-26-25(32)27-20-6-2-1-3-7-20/h1-3,6-7,9-12,22-23,30H,4-5,8,13-18H2,(H2,26,27,32). The molecule has 2 aliphatic heterocycles. The number of anilines is 2. The Labute approximate surface area is 189 Å². The van der Waals surface area contributed by atoms with Gasteiger partial charge in [0.15, 0.2) is 0 Å². The Kier molecular flexibility index (Phi) is 7.27. The fourth-order valence-corrected chi connectivity index (χ4v) is 4.49. The van der Waals surface area contributed by atoms with Crippen molar-refractivity contribution in [1.29, 1.82) is 0 Å². The molecule has 3 amide bonds. The molecular weight excluding hydrogens is 404 g/mol. The molecule has 2 saturated heterocycles. The Balaban J connectivity index is 1.34. The van der Waals surface area contributed by atoms with Crippen LogP contribution < -0.4 is 15.5 Å². The molecule has 0 radical (unpaired) electrons. The van der Waals surface area contributed by atoms with Crippen molar-refractivity contribution in [3.8, 4) is 0 Å². The number of hydrogen-bond acceptors (Lipinski definition) is 4. The fraction of sp³-hybridized carbons (Fsp3) is 0.440. The Morgan fingerprint density at radius 2 is 1.62 bits per heavy atom. The summed E-state index contributed by atoms with van der Waals surface area (Å²) in [6.45, 7) is 2.80. The molecule has 2 fully saturated rings. The van der Waals surface area contributed by atoms with Gasteiger partial charge in [0.1, 0.15) is 0 Å². The summed E-state index contributed by atoms with van der Waals surface area (Å²) in [5.74, 6) is 0.0144. The summed E-state index contributed by atoms with van der Waals surface area (Å²) in [6.07, 6.45) is 4.27. The van der Waals surface area contributed by atoms with Crippen molar-refractivity contribution < 1.29 is 14.7 Å². The van der Waals surface area contributed by atoms with Gasteiger partial charge in [0.2, 0.25) is 0 Å². The third-order valence-corrected chi connectivity index (χ3v) is 6.36. The van der Waals surface area contributed by atoms with Gasteiger partial charge in [-0.05, 0) is 68.5 Å². The van der Waals surface area contributed by atoms with Gasteiger partial charge in [-0.15, -0.1) is 0 Å². The lowest BCUT2D eigenvalue weighted by Gasteiger charge is -2.36. The van der Waals surface area contributed by atoms with Crippen LogP contribution in [0.1, 0.15) is 42.5 Å². The summed E-state index contributed by atoms with van der Waals surface area (Å²) >= 11 is 0. The number of amides is 3. The highest BCUT2D eigenvalue weighted by atomic mass is 16.3. The number of benzene rings is 2. The quantitative estimate of drug-likeness (QED) is 0.670. The van der Waals surface area contributed by atoms with Gasteiger partial charge < -0.3 is 25.5 Å². The van der Waals surface area contributed by atoms with Crippen molar-refractivity contribution in [1.82, 2.24) is 10.2 Å². The second-order valence-corrected chi connectivity index (χ2v) is 8.61. The van der Waals surface area contributed by atoms with Crippen LogP contribution >= 0.6 is 0 Å². The molecule has 1 atom stereocenters. The van der Waals surface area contributed by atoms with Crippen molar-refractivity contribution in [2.45, 2.75) is 44.2 Å². The number of piperidine rings is 2. The van der Waals surface area contributed by atoms with Gasteiger partial charge in [0.05, 0.1) is 6.10 Å². The minimum atomic E-state index is -0.259. The molecule has 2 heterocycles. The van der Waals surface area contributed by atoms with Crippen LogP contribution in [-0.4, -0.2) is 60.3 Å². The number of urea groups is 1. The van der Waals surface area contributed by atoms with Crippen molar-refractivity contribution in [3.63, 3.8) is 0 Å². The van der Waals surface area contributed by atoms with Crippen LogP contribution in [0.25, 0.3) is 0 Å². The number of nitrogens with zero attached hydrogens (tertiary/aromatic N) is 2. The molecule has 2 aliphatic rings. The van der Waals surface area contributed by atoms with E-state index in [-0.39, 0.29) is 24.1 Å². The van der Waals surface area contributed by atoms with E-state index in [9.17, 15) is 14.7 Å². The van der Waals surface area contributed by atoms with Gasteiger partial charge in [-0.3, -0.25) is 4.79 Å². The van der Waals surface area contributed by atoms with Crippen LogP contribution in [0.2, 0.25) is 0 Å². The van der Waals surface area contributed by atoms with Crippen molar-refractivity contribution >= 4 is 23.3 Å². The summed E-state index contributed by atoms with van der Waals surface area (Å²) in [7, 11) is 0. The lowest BCUT2D eigenvalue weighted by atomic mass is 10.0. The van der Waals surface area contributed by atoms with Crippen molar-refractivity contribution in [2.75, 3.05) is 36.4 Å². The number of nitrogens with one attached hydrogen (secondary N) is 2. The van der Waals surface area contributed by atoms with Crippen LogP contribution in [0.5, 0.6) is 0 Å². The lowest BCUT2D eigenvalue weighted by Crippen LogP contribution is -2.50. The third kappa shape index (κ3) is 5.59. The zero-order valence-corrected chi connectivity index (χ0v) is 18.4. The number of aliphatic hydroxyl groups excluding tert-OH is 1. The molecule has 0 spiro atoms. The van der Waals surface area contributed by atoms with Crippen molar-refractivity contribution in [3.05, 3.63) is 60.2 Å². The largest absolute Gasteiger partial charge is 0.393 e. The van der Waals surface area contributed by atoms with E-state index in [0.717, 1.165) is 56.6 Å². The molecule has 7 nitrogen and oxygen atoms in total. The van der Waals surface area contributed by atoms with E-state index >= 15 is 0 Å². The molecule has 0 aliphatic carbocycles. The summed E-state index contributed by atoms with van der Waals surface area (Å²) < 4.78 is 0. The van der Waals surface area contributed by atoms with E-state index in [1.807, 2.05) is 59.5 Å². The maximum atomic E-state index is 13.2. The van der Waals surface area contributed by atoms with Gasteiger partial charge in [-0.1, -0.05) is 18.2 Å². The van der Waals surface area contributed by atoms with Crippen LogP contribution in [-0.2, 0) is 0 Å². The van der Waals surface area contributed by atoms with E-state index in [0.29, 0.717) is 18.7 Å². The lowest BCUT2D eigenvalue weighted by molar-refractivity contribution is 0.0615. The van der Waals surface area contributed by atoms with E-state index in [1.165, 1.54) is 0 Å². The molecule has 1 unspecified atom stereocenters. The number of carbonyl (C=O) groups excluding carboxylic acids is 2. The van der Waals surface area contributed by atoms with Gasteiger partial charge >= 0.3 is 6.03 Å². The highest BCUT2D eigenvalue weighted by molar-refractivity contribution is 5.95. The van der Waals surface area contributed by atoms with Crippen LogP contribution in [0.3, 0.4) is 0 Å². The Morgan fingerprint density at radius 3 is 2.34 bits per heavy atom. The monoisotopic (exact) mass is 436 g/mol. The van der Waals surface area contributed by atoms with Crippen LogP contribution in [0, 0.1) is 0 Å². The molecule has 32 heavy (non-hydrogen) atoms. The van der Waals surface area contributed by atoms with Gasteiger partial charge in [-0.2, -0.15) is 0 Å². The van der Waals surface area contributed by atoms with E-state index in [1.54, 1.807) is 0 Å². The zero-order valence-electron chi connectivity index (χ0n) is 18.4. The maximum Gasteiger partial charge on any atom is 0.319 e. The normalized spacial score (nSPS) is 19.5. The van der Waals surface area contributed by atoms with Gasteiger partial charge in [0, 0.05) is 49.2 Å². The fourth-order valence-electron chi connectivity index (χ4n) is 4.49. The first-order valence-electron chi connectivity index (χ1n) is 11.5. The molecule has 2 aromatic rings. The Hall–Kier alpha value is -3.06. The molecule has 170 valence electrons. The first-order valence-corrected chi connectivity index (χ1v) is 11.5. The molecule has 2 aromatic carbocycles. The van der Waals surface area contributed by atoms with E-state index < -0.39 is 0 Å². The van der Waals surface area contributed by atoms with Crippen LogP contribution in [0.15, 0.2) is 54.6 Å². The molecule has 3 N–H and O–H groups in total. The summed E-state index contributed by atoms with van der Waals surface area (Å²) in [5, 5.41) is 15.5. The number of carbonyl (C=O) groups is 2. The molecule has 0 aromatic heterocycles. The molecule has 0 bridgehead atoms.